The normalized spacial score (nSPS) is 20.5. The molecule has 0 aliphatic carbocycles. The van der Waals surface area contributed by atoms with Gasteiger partial charge in [-0.05, 0) is 41.8 Å². The van der Waals surface area contributed by atoms with Crippen LogP contribution < -0.4 is 19.3 Å². The van der Waals surface area contributed by atoms with Crippen LogP contribution in [-0.2, 0) is 9.59 Å². The van der Waals surface area contributed by atoms with Crippen LogP contribution in [0.15, 0.2) is 42.5 Å². The van der Waals surface area contributed by atoms with Gasteiger partial charge in [-0.2, -0.15) is 0 Å². The second-order valence-electron chi connectivity index (χ2n) is 11.8. The second kappa shape index (κ2) is 12.9. The van der Waals surface area contributed by atoms with Crippen LogP contribution in [0.1, 0.15) is 49.3 Å². The Hall–Kier alpha value is -3.30. The van der Waals surface area contributed by atoms with Gasteiger partial charge in [0.15, 0.2) is 11.5 Å². The number of ether oxygens (including phenoxy) is 3. The molecule has 0 aromatic heterocycles. The third-order valence-corrected chi connectivity index (χ3v) is 7.88. The first-order valence-corrected chi connectivity index (χ1v) is 14.2. The van der Waals surface area contributed by atoms with E-state index in [9.17, 15) is 14.7 Å². The summed E-state index contributed by atoms with van der Waals surface area (Å²) in [6.45, 7) is 5.15. The van der Waals surface area contributed by atoms with Gasteiger partial charge in [0.1, 0.15) is 5.75 Å². The number of unbranched alkanes of at least 4 members (excludes halogenated alkanes) is 1. The predicted octanol–water partition coefficient (Wildman–Crippen LogP) is 2.66. The Kier molecular flexibility index (Phi) is 9.58. The number of carboxylic acid groups (broad SMARTS) is 1. The van der Waals surface area contributed by atoms with Crippen molar-refractivity contribution in [2.75, 3.05) is 67.8 Å². The van der Waals surface area contributed by atoms with E-state index in [4.69, 9.17) is 14.2 Å². The number of rotatable bonds is 13. The van der Waals surface area contributed by atoms with Crippen molar-refractivity contribution in [3.05, 3.63) is 53.6 Å². The number of nitrogens with zero attached hydrogens (tertiary/aromatic N) is 3. The number of quaternary nitrogens is 1. The molecule has 1 fully saturated rings. The largest absolute Gasteiger partial charge is 0.550 e. The molecule has 9 heteroatoms. The minimum Gasteiger partial charge on any atom is -0.550 e. The molecule has 2 aliphatic rings. The molecule has 0 radical (unpaired) electrons. The van der Waals surface area contributed by atoms with Crippen molar-refractivity contribution in [1.29, 1.82) is 0 Å². The van der Waals surface area contributed by atoms with Crippen molar-refractivity contribution < 1.29 is 33.4 Å². The number of carboxylic acids is 1. The number of carbonyl (C=O) groups is 2. The molecule has 1 amide bonds. The molecule has 9 nitrogen and oxygen atoms in total. The lowest BCUT2D eigenvalue weighted by molar-refractivity contribution is -0.870. The number of benzene rings is 2. The number of likely N-dealkylation sites (tertiary alicyclic amines) is 1. The first-order chi connectivity index (χ1) is 19.1. The van der Waals surface area contributed by atoms with Gasteiger partial charge in [0.25, 0.3) is 0 Å². The lowest BCUT2D eigenvalue weighted by Crippen LogP contribution is -2.44. The fourth-order valence-electron chi connectivity index (χ4n) is 5.78. The van der Waals surface area contributed by atoms with Gasteiger partial charge in [-0.1, -0.05) is 31.5 Å². The van der Waals surface area contributed by atoms with Gasteiger partial charge in [0, 0.05) is 49.9 Å². The Morgan fingerprint density at radius 2 is 1.70 bits per heavy atom. The lowest BCUT2D eigenvalue weighted by Gasteiger charge is -2.32. The summed E-state index contributed by atoms with van der Waals surface area (Å²) in [5.74, 6) is -0.421. The standard InChI is InChI=1S/C31H43N3O6/c1-6-7-15-32(16-8-17-34(2,3)4)28(35)20-33-19-25(23-11-14-26-27(18-23)40-21-39-26)29(31(36)37)30(33)22-9-12-24(38-5)13-10-22/h9-14,18,25,29-30H,6-8,15-17,19-21H2,1-5H3. The molecule has 3 atom stereocenters. The molecule has 0 N–H and O–H groups in total. The molecular formula is C31H43N3O6. The van der Waals surface area contributed by atoms with Gasteiger partial charge in [-0.15, -0.1) is 0 Å². The molecule has 0 bridgehead atoms. The van der Waals surface area contributed by atoms with E-state index >= 15 is 0 Å². The third-order valence-electron chi connectivity index (χ3n) is 7.88. The van der Waals surface area contributed by atoms with Crippen LogP contribution in [0.25, 0.3) is 0 Å². The second-order valence-corrected chi connectivity index (χ2v) is 11.8. The van der Waals surface area contributed by atoms with Crippen molar-refractivity contribution in [3.8, 4) is 17.2 Å². The minimum atomic E-state index is -1.13. The van der Waals surface area contributed by atoms with Crippen LogP contribution in [0.4, 0.5) is 0 Å². The molecule has 0 saturated carbocycles. The fourth-order valence-corrected chi connectivity index (χ4v) is 5.78. The zero-order chi connectivity index (χ0) is 28.9. The number of hydrogen-bond acceptors (Lipinski definition) is 7. The fraction of sp³-hybridized carbons (Fsp3) is 0.548. The summed E-state index contributed by atoms with van der Waals surface area (Å²) < 4.78 is 17.2. The smallest absolute Gasteiger partial charge is 0.236 e. The van der Waals surface area contributed by atoms with Crippen LogP contribution in [0, 0.1) is 5.92 Å². The molecular weight excluding hydrogens is 510 g/mol. The van der Waals surface area contributed by atoms with Gasteiger partial charge < -0.3 is 33.5 Å². The van der Waals surface area contributed by atoms with Gasteiger partial charge in [-0.3, -0.25) is 9.69 Å². The van der Waals surface area contributed by atoms with Gasteiger partial charge in [0.05, 0.1) is 41.3 Å². The van der Waals surface area contributed by atoms with Crippen molar-refractivity contribution >= 4 is 11.9 Å². The average Bonchev–Trinajstić information content (AvgIpc) is 3.54. The van der Waals surface area contributed by atoms with E-state index in [0.717, 1.165) is 41.4 Å². The highest BCUT2D eigenvalue weighted by atomic mass is 16.7. The molecule has 40 heavy (non-hydrogen) atoms. The molecule has 218 valence electrons. The number of hydrogen-bond donors (Lipinski definition) is 0. The summed E-state index contributed by atoms with van der Waals surface area (Å²) in [6, 6.07) is 12.5. The van der Waals surface area contributed by atoms with E-state index < -0.39 is 17.9 Å². The highest BCUT2D eigenvalue weighted by molar-refractivity contribution is 5.79. The third kappa shape index (κ3) is 7.06. The molecule has 0 spiro atoms. The van der Waals surface area contributed by atoms with E-state index in [0.29, 0.717) is 36.9 Å². The molecule has 2 aromatic carbocycles. The van der Waals surface area contributed by atoms with Gasteiger partial charge in [-0.25, -0.2) is 0 Å². The summed E-state index contributed by atoms with van der Waals surface area (Å²) >= 11 is 0. The Morgan fingerprint density at radius 3 is 2.35 bits per heavy atom. The maximum absolute atomic E-state index is 13.8. The van der Waals surface area contributed by atoms with E-state index in [1.807, 2.05) is 52.3 Å². The summed E-state index contributed by atoms with van der Waals surface area (Å²) in [4.78, 5) is 30.5. The molecule has 1 saturated heterocycles. The molecule has 3 unspecified atom stereocenters. The van der Waals surface area contributed by atoms with Crippen LogP contribution >= 0.6 is 0 Å². The number of fused-ring (bicyclic) bond motifs is 1. The lowest BCUT2D eigenvalue weighted by atomic mass is 9.82. The molecule has 2 aromatic rings. The first-order valence-electron chi connectivity index (χ1n) is 14.2. The highest BCUT2D eigenvalue weighted by Crippen LogP contribution is 2.47. The maximum Gasteiger partial charge on any atom is 0.236 e. The number of carbonyl (C=O) groups excluding carboxylic acids is 2. The zero-order valence-corrected chi connectivity index (χ0v) is 24.4. The van der Waals surface area contributed by atoms with Crippen LogP contribution in [0.2, 0.25) is 0 Å². The number of amides is 1. The summed E-state index contributed by atoms with van der Waals surface area (Å²) in [5, 5.41) is 12.8. The van der Waals surface area contributed by atoms with E-state index in [1.54, 1.807) is 7.11 Å². The topological polar surface area (TPSA) is 91.4 Å². The Bertz CT molecular complexity index is 1160. The van der Waals surface area contributed by atoms with E-state index in [1.165, 1.54) is 0 Å². The predicted molar refractivity (Wildman–Crippen MR) is 150 cm³/mol. The number of methoxy groups -OCH3 is 1. The van der Waals surface area contributed by atoms with Crippen molar-refractivity contribution in [3.63, 3.8) is 0 Å². The van der Waals surface area contributed by atoms with Gasteiger partial charge >= 0.3 is 0 Å². The quantitative estimate of drug-likeness (QED) is 0.352. The van der Waals surface area contributed by atoms with Crippen molar-refractivity contribution in [2.24, 2.45) is 5.92 Å². The molecule has 2 heterocycles. The maximum atomic E-state index is 13.8. The SMILES string of the molecule is CCCCN(CCC[N+](C)(C)C)C(=O)CN1CC(c2ccc3c(c2)OCO3)C(C(=O)[O-])C1c1ccc(OC)cc1. The van der Waals surface area contributed by atoms with Crippen LogP contribution in [0.3, 0.4) is 0 Å². The summed E-state index contributed by atoms with van der Waals surface area (Å²) in [5.41, 5.74) is 1.65. The zero-order valence-electron chi connectivity index (χ0n) is 24.4. The summed E-state index contributed by atoms with van der Waals surface area (Å²) in [6.07, 6.45) is 2.83. The first kappa shape index (κ1) is 29.7. The van der Waals surface area contributed by atoms with Crippen LogP contribution in [0.5, 0.6) is 17.2 Å². The Balaban J connectivity index is 1.63. The molecule has 4 rings (SSSR count). The van der Waals surface area contributed by atoms with Gasteiger partial charge in [0.2, 0.25) is 12.7 Å². The van der Waals surface area contributed by atoms with Crippen LogP contribution in [-0.4, -0.2) is 93.9 Å². The van der Waals surface area contributed by atoms with E-state index in [2.05, 4.69) is 28.1 Å². The van der Waals surface area contributed by atoms with Crippen molar-refractivity contribution in [1.82, 2.24) is 9.80 Å². The Labute approximate surface area is 237 Å². The minimum absolute atomic E-state index is 0.0248. The Morgan fingerprint density at radius 1 is 1.02 bits per heavy atom. The summed E-state index contributed by atoms with van der Waals surface area (Å²) in [7, 11) is 8.05. The van der Waals surface area contributed by atoms with Crippen molar-refractivity contribution in [2.45, 2.75) is 38.1 Å². The average molecular weight is 554 g/mol. The van der Waals surface area contributed by atoms with E-state index in [-0.39, 0.29) is 25.2 Å². The highest BCUT2D eigenvalue weighted by Gasteiger charge is 2.45. The monoisotopic (exact) mass is 553 g/mol. The number of aliphatic carboxylic acids is 1. The molecule has 2 aliphatic heterocycles.